The van der Waals surface area contributed by atoms with Crippen LogP contribution in [0.1, 0.15) is 36.5 Å². The maximum absolute atomic E-state index is 12.6. The molecule has 0 radical (unpaired) electrons. The quantitative estimate of drug-likeness (QED) is 0.777. The van der Waals surface area contributed by atoms with Crippen LogP contribution in [0.4, 0.5) is 5.69 Å². The lowest BCUT2D eigenvalue weighted by Gasteiger charge is -2.31. The van der Waals surface area contributed by atoms with Crippen LogP contribution in [0.2, 0.25) is 0 Å². The van der Waals surface area contributed by atoms with Crippen molar-refractivity contribution in [3.05, 3.63) is 42.5 Å². The molecule has 0 unspecified atom stereocenters. The summed E-state index contributed by atoms with van der Waals surface area (Å²) in [5.41, 5.74) is 1.27. The van der Waals surface area contributed by atoms with Gasteiger partial charge in [-0.25, -0.2) is 0 Å². The summed E-state index contributed by atoms with van der Waals surface area (Å²) in [6.07, 6.45) is 3.40. The van der Waals surface area contributed by atoms with Crippen LogP contribution in [0.3, 0.4) is 0 Å². The molecule has 134 valence electrons. The van der Waals surface area contributed by atoms with E-state index in [0.29, 0.717) is 50.1 Å². The number of nitrogens with one attached hydrogen (secondary N) is 2. The molecule has 0 aliphatic carbocycles. The van der Waals surface area contributed by atoms with E-state index in [1.807, 2.05) is 0 Å². The Labute approximate surface area is 148 Å². The Morgan fingerprint density at radius 2 is 1.84 bits per heavy atom. The Morgan fingerprint density at radius 3 is 2.40 bits per heavy atom. The van der Waals surface area contributed by atoms with Crippen molar-refractivity contribution in [3.63, 3.8) is 0 Å². The second-order valence-electron chi connectivity index (χ2n) is 6.08. The van der Waals surface area contributed by atoms with Crippen LogP contribution in [0, 0.1) is 5.92 Å². The molecule has 6 heteroatoms. The van der Waals surface area contributed by atoms with Crippen LogP contribution in [-0.2, 0) is 9.59 Å². The van der Waals surface area contributed by atoms with Gasteiger partial charge in [0.05, 0.1) is 0 Å². The predicted octanol–water partition coefficient (Wildman–Crippen LogP) is 2.19. The first-order valence-electron chi connectivity index (χ1n) is 8.63. The van der Waals surface area contributed by atoms with E-state index in [4.69, 9.17) is 0 Å². The summed E-state index contributed by atoms with van der Waals surface area (Å²) >= 11 is 0. The molecule has 1 aromatic rings. The fourth-order valence-electron chi connectivity index (χ4n) is 2.79. The second-order valence-corrected chi connectivity index (χ2v) is 6.08. The first-order chi connectivity index (χ1) is 12.0. The maximum atomic E-state index is 12.6. The number of benzene rings is 1. The molecule has 25 heavy (non-hydrogen) atoms. The van der Waals surface area contributed by atoms with E-state index in [-0.39, 0.29) is 23.6 Å². The highest BCUT2D eigenvalue weighted by molar-refractivity contribution is 5.96. The number of rotatable bonds is 6. The van der Waals surface area contributed by atoms with Gasteiger partial charge < -0.3 is 15.5 Å². The third kappa shape index (κ3) is 5.17. The van der Waals surface area contributed by atoms with Crippen molar-refractivity contribution < 1.29 is 14.4 Å². The number of piperidine rings is 1. The highest BCUT2D eigenvalue weighted by atomic mass is 16.2. The maximum Gasteiger partial charge on any atom is 0.253 e. The molecule has 2 N–H and O–H groups in total. The van der Waals surface area contributed by atoms with Crippen molar-refractivity contribution in [3.8, 4) is 0 Å². The normalized spacial score (nSPS) is 14.7. The van der Waals surface area contributed by atoms with Gasteiger partial charge >= 0.3 is 0 Å². The predicted molar refractivity (Wildman–Crippen MR) is 97.2 cm³/mol. The second kappa shape index (κ2) is 9.01. The lowest BCUT2D eigenvalue weighted by atomic mass is 9.95. The SMILES string of the molecule is C=CCNC(=O)C1CCN(C(=O)c2ccc(NC(=O)CC)cc2)CC1. The van der Waals surface area contributed by atoms with Crippen molar-refractivity contribution in [2.75, 3.05) is 25.0 Å². The Morgan fingerprint density at radius 1 is 1.20 bits per heavy atom. The summed E-state index contributed by atoms with van der Waals surface area (Å²) in [5, 5.41) is 5.57. The molecule has 3 amide bonds. The molecule has 0 aromatic heterocycles. The summed E-state index contributed by atoms with van der Waals surface area (Å²) in [4.78, 5) is 37.7. The lowest BCUT2D eigenvalue weighted by molar-refractivity contribution is -0.126. The molecule has 2 rings (SSSR count). The Balaban J connectivity index is 1.88. The topological polar surface area (TPSA) is 78.5 Å². The summed E-state index contributed by atoms with van der Waals surface area (Å²) in [6, 6.07) is 6.90. The van der Waals surface area contributed by atoms with E-state index in [1.54, 1.807) is 42.2 Å². The molecule has 0 bridgehead atoms. The van der Waals surface area contributed by atoms with E-state index in [1.165, 1.54) is 0 Å². The van der Waals surface area contributed by atoms with Gasteiger partial charge in [0.15, 0.2) is 0 Å². The molecular weight excluding hydrogens is 318 g/mol. The van der Waals surface area contributed by atoms with Gasteiger partial charge in [0.1, 0.15) is 0 Å². The number of likely N-dealkylation sites (tertiary alicyclic amines) is 1. The molecule has 1 fully saturated rings. The van der Waals surface area contributed by atoms with Crippen molar-refractivity contribution in [2.45, 2.75) is 26.2 Å². The summed E-state index contributed by atoms with van der Waals surface area (Å²) in [6.45, 7) is 6.98. The van der Waals surface area contributed by atoms with Crippen LogP contribution in [-0.4, -0.2) is 42.3 Å². The van der Waals surface area contributed by atoms with Crippen LogP contribution >= 0.6 is 0 Å². The van der Waals surface area contributed by atoms with Gasteiger partial charge in [-0.05, 0) is 37.1 Å². The van der Waals surface area contributed by atoms with Gasteiger partial charge in [-0.1, -0.05) is 13.0 Å². The van der Waals surface area contributed by atoms with Crippen molar-refractivity contribution >= 4 is 23.4 Å². The zero-order valence-corrected chi connectivity index (χ0v) is 14.6. The molecule has 1 aliphatic heterocycles. The summed E-state index contributed by atoms with van der Waals surface area (Å²) < 4.78 is 0. The molecule has 0 atom stereocenters. The number of carbonyl (C=O) groups excluding carboxylic acids is 3. The minimum absolute atomic E-state index is 0.0306. The van der Waals surface area contributed by atoms with Crippen molar-refractivity contribution in [1.82, 2.24) is 10.2 Å². The molecule has 0 spiro atoms. The van der Waals surface area contributed by atoms with Crippen LogP contribution < -0.4 is 10.6 Å². The average Bonchev–Trinajstić information content (AvgIpc) is 2.66. The number of anilines is 1. The number of hydrogen-bond acceptors (Lipinski definition) is 3. The Bertz CT molecular complexity index is 632. The monoisotopic (exact) mass is 343 g/mol. The Kier molecular flexibility index (Phi) is 6.74. The zero-order chi connectivity index (χ0) is 18.2. The van der Waals surface area contributed by atoms with Crippen molar-refractivity contribution in [2.24, 2.45) is 5.92 Å². The number of nitrogens with zero attached hydrogens (tertiary/aromatic N) is 1. The van der Waals surface area contributed by atoms with E-state index in [9.17, 15) is 14.4 Å². The smallest absolute Gasteiger partial charge is 0.253 e. The number of hydrogen-bond donors (Lipinski definition) is 2. The van der Waals surface area contributed by atoms with E-state index in [0.717, 1.165) is 0 Å². The number of carbonyl (C=O) groups is 3. The van der Waals surface area contributed by atoms with E-state index in [2.05, 4.69) is 17.2 Å². The first kappa shape index (κ1) is 18.7. The van der Waals surface area contributed by atoms with Crippen LogP contribution in [0.15, 0.2) is 36.9 Å². The first-order valence-corrected chi connectivity index (χ1v) is 8.63. The van der Waals surface area contributed by atoms with Crippen LogP contribution in [0.25, 0.3) is 0 Å². The largest absolute Gasteiger partial charge is 0.352 e. The molecule has 0 saturated carbocycles. The van der Waals surface area contributed by atoms with E-state index >= 15 is 0 Å². The molecular formula is C19H25N3O3. The van der Waals surface area contributed by atoms with Gasteiger partial charge in [-0.15, -0.1) is 6.58 Å². The highest BCUT2D eigenvalue weighted by Crippen LogP contribution is 2.20. The summed E-state index contributed by atoms with van der Waals surface area (Å²) in [7, 11) is 0. The standard InChI is InChI=1S/C19H25N3O3/c1-3-11-20-18(24)14-9-12-22(13-10-14)19(25)15-5-7-16(8-6-15)21-17(23)4-2/h3,5-8,14H,1,4,9-13H2,2H3,(H,20,24)(H,21,23). The van der Waals surface area contributed by atoms with Gasteiger partial charge in [-0.3, -0.25) is 14.4 Å². The molecule has 1 aliphatic rings. The lowest BCUT2D eigenvalue weighted by Crippen LogP contribution is -2.43. The van der Waals surface area contributed by atoms with E-state index < -0.39 is 0 Å². The fraction of sp³-hybridized carbons (Fsp3) is 0.421. The minimum Gasteiger partial charge on any atom is -0.352 e. The van der Waals surface area contributed by atoms with Gasteiger partial charge in [-0.2, -0.15) is 0 Å². The van der Waals surface area contributed by atoms with Gasteiger partial charge in [0, 0.05) is 43.2 Å². The Hall–Kier alpha value is -2.63. The third-order valence-electron chi connectivity index (χ3n) is 4.31. The molecule has 1 heterocycles. The number of amides is 3. The third-order valence-corrected chi connectivity index (χ3v) is 4.31. The zero-order valence-electron chi connectivity index (χ0n) is 14.6. The van der Waals surface area contributed by atoms with Gasteiger partial charge in [0.25, 0.3) is 5.91 Å². The molecule has 1 aromatic carbocycles. The summed E-state index contributed by atoms with van der Waals surface area (Å²) in [5.74, 6) is -0.118. The highest BCUT2D eigenvalue weighted by Gasteiger charge is 2.27. The average molecular weight is 343 g/mol. The van der Waals surface area contributed by atoms with Crippen LogP contribution in [0.5, 0.6) is 0 Å². The molecule has 1 saturated heterocycles. The fourth-order valence-corrected chi connectivity index (χ4v) is 2.79. The minimum atomic E-state index is -0.0594. The van der Waals surface area contributed by atoms with Crippen molar-refractivity contribution in [1.29, 1.82) is 0 Å². The molecule has 6 nitrogen and oxygen atoms in total. The van der Waals surface area contributed by atoms with Gasteiger partial charge in [0.2, 0.25) is 11.8 Å².